The Morgan fingerprint density at radius 1 is 1.40 bits per heavy atom. The van der Waals surface area contributed by atoms with Crippen molar-refractivity contribution in [3.63, 3.8) is 0 Å². The molecule has 3 nitrogen and oxygen atoms in total. The summed E-state index contributed by atoms with van der Waals surface area (Å²) in [5.41, 5.74) is 0. The molecule has 0 bridgehead atoms. The van der Waals surface area contributed by atoms with Crippen LogP contribution < -0.4 is 0 Å². The SMILES string of the molecule is CC1CC(C)OS(=O)(=O)C1. The summed E-state index contributed by atoms with van der Waals surface area (Å²) in [6.45, 7) is 3.71. The average molecular weight is 164 g/mol. The van der Waals surface area contributed by atoms with Crippen LogP contribution >= 0.6 is 0 Å². The van der Waals surface area contributed by atoms with Crippen LogP contribution in [0.15, 0.2) is 0 Å². The highest BCUT2D eigenvalue weighted by Gasteiger charge is 2.27. The maximum atomic E-state index is 10.8. The first-order chi connectivity index (χ1) is 4.49. The van der Waals surface area contributed by atoms with Gasteiger partial charge < -0.3 is 0 Å². The van der Waals surface area contributed by atoms with E-state index in [9.17, 15) is 8.42 Å². The van der Waals surface area contributed by atoms with Crippen molar-refractivity contribution in [2.45, 2.75) is 26.4 Å². The molecule has 2 unspecified atom stereocenters. The van der Waals surface area contributed by atoms with Crippen molar-refractivity contribution in [3.8, 4) is 0 Å². The van der Waals surface area contributed by atoms with Gasteiger partial charge in [0.15, 0.2) is 0 Å². The molecule has 4 heteroatoms. The molecule has 60 valence electrons. The minimum atomic E-state index is -3.18. The molecule has 0 N–H and O–H groups in total. The molecule has 0 aromatic carbocycles. The van der Waals surface area contributed by atoms with Crippen LogP contribution in [-0.4, -0.2) is 20.3 Å². The lowest BCUT2D eigenvalue weighted by atomic mass is 10.1. The fraction of sp³-hybridized carbons (Fsp3) is 1.00. The van der Waals surface area contributed by atoms with Gasteiger partial charge in [0.2, 0.25) is 0 Å². The van der Waals surface area contributed by atoms with Gasteiger partial charge in [0.25, 0.3) is 10.1 Å². The van der Waals surface area contributed by atoms with Gasteiger partial charge in [0.05, 0.1) is 11.9 Å². The first-order valence-electron chi connectivity index (χ1n) is 3.40. The zero-order valence-corrected chi connectivity index (χ0v) is 7.02. The van der Waals surface area contributed by atoms with Gasteiger partial charge in [-0.1, -0.05) is 6.92 Å². The van der Waals surface area contributed by atoms with Gasteiger partial charge in [-0.25, -0.2) is 0 Å². The lowest BCUT2D eigenvalue weighted by Crippen LogP contribution is -2.30. The van der Waals surface area contributed by atoms with E-state index >= 15 is 0 Å². The Bertz CT molecular complexity index is 191. The quantitative estimate of drug-likeness (QED) is 0.496. The highest BCUT2D eigenvalue weighted by Crippen LogP contribution is 2.20. The average Bonchev–Trinajstić information content (AvgIpc) is 1.54. The molecule has 0 radical (unpaired) electrons. The minimum Gasteiger partial charge on any atom is -0.267 e. The van der Waals surface area contributed by atoms with Crippen molar-refractivity contribution >= 4 is 10.1 Å². The second kappa shape index (κ2) is 2.51. The summed E-state index contributed by atoms with van der Waals surface area (Å²) in [6, 6.07) is 0. The summed E-state index contributed by atoms with van der Waals surface area (Å²) in [7, 11) is -3.18. The van der Waals surface area contributed by atoms with Crippen LogP contribution in [0.1, 0.15) is 20.3 Å². The Hall–Kier alpha value is -0.0900. The van der Waals surface area contributed by atoms with Crippen LogP contribution in [0, 0.1) is 5.92 Å². The zero-order chi connectivity index (χ0) is 7.78. The molecule has 0 aromatic heterocycles. The summed E-state index contributed by atoms with van der Waals surface area (Å²) in [5, 5.41) is 0. The smallest absolute Gasteiger partial charge is 0.267 e. The monoisotopic (exact) mass is 164 g/mol. The zero-order valence-electron chi connectivity index (χ0n) is 6.20. The van der Waals surface area contributed by atoms with Crippen LogP contribution in [0.5, 0.6) is 0 Å². The summed E-state index contributed by atoms with van der Waals surface area (Å²) in [6.07, 6.45) is 0.716. The standard InChI is InChI=1S/C6H12O3S/c1-5-3-6(2)9-10(7,8)4-5/h5-6H,3-4H2,1-2H3. The number of hydrogen-bond donors (Lipinski definition) is 0. The normalized spacial score (nSPS) is 39.4. The van der Waals surface area contributed by atoms with Gasteiger partial charge in [0, 0.05) is 0 Å². The van der Waals surface area contributed by atoms with Crippen LogP contribution in [-0.2, 0) is 14.3 Å². The fourth-order valence-electron chi connectivity index (χ4n) is 1.31. The Balaban J connectivity index is 2.69. The van der Waals surface area contributed by atoms with E-state index in [1.165, 1.54) is 0 Å². The van der Waals surface area contributed by atoms with E-state index in [2.05, 4.69) is 0 Å². The summed E-state index contributed by atoms with van der Waals surface area (Å²) >= 11 is 0. The van der Waals surface area contributed by atoms with E-state index in [0.717, 1.165) is 6.42 Å². The van der Waals surface area contributed by atoms with Crippen molar-refractivity contribution in [1.29, 1.82) is 0 Å². The Morgan fingerprint density at radius 2 is 2.00 bits per heavy atom. The van der Waals surface area contributed by atoms with E-state index in [1.807, 2.05) is 6.92 Å². The molecule has 1 rings (SSSR count). The molecule has 0 saturated carbocycles. The number of rotatable bonds is 0. The third kappa shape index (κ3) is 1.95. The predicted octanol–water partition coefficient (Wildman–Crippen LogP) is 0.761. The van der Waals surface area contributed by atoms with Gasteiger partial charge in [-0.2, -0.15) is 8.42 Å². The van der Waals surface area contributed by atoms with E-state index in [-0.39, 0.29) is 17.8 Å². The minimum absolute atomic E-state index is 0.131. The number of hydrogen-bond acceptors (Lipinski definition) is 3. The third-order valence-electron chi connectivity index (χ3n) is 1.53. The Morgan fingerprint density at radius 3 is 2.40 bits per heavy atom. The lowest BCUT2D eigenvalue weighted by molar-refractivity contribution is 0.178. The van der Waals surface area contributed by atoms with Gasteiger partial charge in [-0.05, 0) is 19.3 Å². The largest absolute Gasteiger partial charge is 0.267 e. The van der Waals surface area contributed by atoms with E-state index in [0.29, 0.717) is 0 Å². The van der Waals surface area contributed by atoms with Crippen LogP contribution in [0.25, 0.3) is 0 Å². The summed E-state index contributed by atoms with van der Waals surface area (Å²) < 4.78 is 26.4. The van der Waals surface area contributed by atoms with E-state index in [1.54, 1.807) is 6.92 Å². The summed E-state index contributed by atoms with van der Waals surface area (Å²) in [4.78, 5) is 0. The molecule has 1 fully saturated rings. The van der Waals surface area contributed by atoms with Gasteiger partial charge in [-0.15, -0.1) is 0 Å². The van der Waals surface area contributed by atoms with Crippen LogP contribution in [0.4, 0.5) is 0 Å². The molecule has 0 spiro atoms. The second-order valence-corrected chi connectivity index (χ2v) is 4.61. The highest BCUT2D eigenvalue weighted by molar-refractivity contribution is 7.86. The highest BCUT2D eigenvalue weighted by atomic mass is 32.2. The van der Waals surface area contributed by atoms with E-state index in [4.69, 9.17) is 4.18 Å². The molecule has 1 aliphatic rings. The maximum absolute atomic E-state index is 10.8. The first-order valence-corrected chi connectivity index (χ1v) is 4.98. The van der Waals surface area contributed by atoms with Crippen molar-refractivity contribution < 1.29 is 12.6 Å². The molecule has 0 aromatic rings. The first kappa shape index (κ1) is 8.01. The molecule has 0 aliphatic carbocycles. The lowest BCUT2D eigenvalue weighted by Gasteiger charge is -2.23. The molecule has 1 saturated heterocycles. The molecule has 2 atom stereocenters. The predicted molar refractivity (Wildman–Crippen MR) is 38.1 cm³/mol. The van der Waals surface area contributed by atoms with Crippen molar-refractivity contribution in [2.24, 2.45) is 5.92 Å². The van der Waals surface area contributed by atoms with E-state index < -0.39 is 10.1 Å². The van der Waals surface area contributed by atoms with Crippen molar-refractivity contribution in [3.05, 3.63) is 0 Å². The molecule has 10 heavy (non-hydrogen) atoms. The topological polar surface area (TPSA) is 43.4 Å². The fourth-order valence-corrected chi connectivity index (χ4v) is 2.80. The molecule has 1 heterocycles. The van der Waals surface area contributed by atoms with Gasteiger partial charge in [0.1, 0.15) is 0 Å². The molecular formula is C6H12O3S. The van der Waals surface area contributed by atoms with Gasteiger partial charge >= 0.3 is 0 Å². The molecule has 1 aliphatic heterocycles. The Kier molecular flexibility index (Phi) is 2.01. The van der Waals surface area contributed by atoms with Crippen LogP contribution in [0.3, 0.4) is 0 Å². The van der Waals surface area contributed by atoms with Crippen LogP contribution in [0.2, 0.25) is 0 Å². The van der Waals surface area contributed by atoms with Crippen molar-refractivity contribution in [2.75, 3.05) is 5.75 Å². The van der Waals surface area contributed by atoms with Crippen molar-refractivity contribution in [1.82, 2.24) is 0 Å². The Labute approximate surface area is 61.5 Å². The molecule has 0 amide bonds. The maximum Gasteiger partial charge on any atom is 0.267 e. The summed E-state index contributed by atoms with van der Waals surface area (Å²) in [5.74, 6) is 0.422. The molecular weight excluding hydrogens is 152 g/mol. The third-order valence-corrected chi connectivity index (χ3v) is 3.13. The van der Waals surface area contributed by atoms with Gasteiger partial charge in [-0.3, -0.25) is 4.18 Å². The second-order valence-electron chi connectivity index (χ2n) is 2.97.